The molecule has 2 bridgehead atoms. The van der Waals surface area contributed by atoms with E-state index in [1.807, 2.05) is 17.0 Å². The van der Waals surface area contributed by atoms with Crippen molar-refractivity contribution in [2.24, 2.45) is 17.6 Å². The standard InChI is InChI=1S/C37H36N4O3S/c1-19-33-31(44-2)14-26(37(43)41-18-25-9-10-28(41)34(25)38)15-32(33)45-35(19)30-13-23-7-5-22(12-29(23)40(30)17-20-3-4-20)21-6-8-24-16-39-36(42)27(24)11-21/h5-8,11-15,20,25,28,34H,3-4,9-10,16-18,38H2,1-2H3,(H,39,42)/t25?,28?,34-/m1/s1. The summed E-state index contributed by atoms with van der Waals surface area (Å²) in [5.74, 6) is 1.91. The molecule has 1 saturated heterocycles. The Morgan fingerprint density at radius 2 is 1.87 bits per heavy atom. The van der Waals surface area contributed by atoms with Gasteiger partial charge in [-0.3, -0.25) is 9.59 Å². The first-order valence-electron chi connectivity index (χ1n) is 16.1. The average Bonchev–Trinajstić information content (AvgIpc) is 3.26. The Kier molecular flexibility index (Phi) is 6.00. The molecule has 3 atom stereocenters. The number of ether oxygens (including phenoxy) is 1. The van der Waals surface area contributed by atoms with Crippen molar-refractivity contribution in [2.75, 3.05) is 13.7 Å². The van der Waals surface area contributed by atoms with Crippen LogP contribution in [-0.2, 0) is 13.1 Å². The fraction of sp³-hybridized carbons (Fsp3) is 0.351. The second-order valence-corrected chi connectivity index (χ2v) is 14.5. The molecular formula is C37H36N4O3S. The molecule has 8 heteroatoms. The van der Waals surface area contributed by atoms with Crippen LogP contribution in [0.25, 0.3) is 42.7 Å². The Balaban J connectivity index is 1.15. The predicted octanol–water partition coefficient (Wildman–Crippen LogP) is 6.72. The number of amides is 2. The topological polar surface area (TPSA) is 89.6 Å². The summed E-state index contributed by atoms with van der Waals surface area (Å²) in [5.41, 5.74) is 14.7. The van der Waals surface area contributed by atoms with Gasteiger partial charge in [0.15, 0.2) is 0 Å². The van der Waals surface area contributed by atoms with Gasteiger partial charge in [0.2, 0.25) is 0 Å². The number of fused-ring (bicyclic) bond motifs is 5. The molecule has 4 aliphatic rings. The number of aromatic nitrogens is 1. The molecule has 2 saturated carbocycles. The van der Waals surface area contributed by atoms with E-state index in [0.29, 0.717) is 23.9 Å². The Morgan fingerprint density at radius 3 is 2.62 bits per heavy atom. The highest BCUT2D eigenvalue weighted by atomic mass is 32.1. The van der Waals surface area contributed by atoms with Gasteiger partial charge >= 0.3 is 0 Å². The molecule has 3 N–H and O–H groups in total. The number of methoxy groups -OCH3 is 1. The van der Waals surface area contributed by atoms with Gasteiger partial charge in [-0.05, 0) is 97.0 Å². The van der Waals surface area contributed by atoms with Crippen LogP contribution in [0.1, 0.15) is 57.5 Å². The van der Waals surface area contributed by atoms with Gasteiger partial charge in [0.25, 0.3) is 11.8 Å². The van der Waals surface area contributed by atoms with E-state index in [0.717, 1.165) is 64.0 Å². The number of rotatable bonds is 6. The normalized spacial score (nSPS) is 22.1. The van der Waals surface area contributed by atoms with Crippen molar-refractivity contribution in [3.63, 3.8) is 0 Å². The molecule has 3 fully saturated rings. The van der Waals surface area contributed by atoms with Crippen LogP contribution in [0.4, 0.5) is 0 Å². The fourth-order valence-electron chi connectivity index (χ4n) is 8.09. The molecule has 2 unspecified atom stereocenters. The van der Waals surface area contributed by atoms with Crippen LogP contribution < -0.4 is 15.8 Å². The summed E-state index contributed by atoms with van der Waals surface area (Å²) in [4.78, 5) is 29.4. The predicted molar refractivity (Wildman–Crippen MR) is 179 cm³/mol. The third-order valence-corrected chi connectivity index (χ3v) is 12.0. The van der Waals surface area contributed by atoms with Crippen LogP contribution >= 0.6 is 11.3 Å². The summed E-state index contributed by atoms with van der Waals surface area (Å²) < 4.78 is 9.50. The zero-order valence-electron chi connectivity index (χ0n) is 25.6. The maximum absolute atomic E-state index is 13.8. The Labute approximate surface area is 266 Å². The molecule has 2 amide bonds. The molecule has 228 valence electrons. The van der Waals surface area contributed by atoms with E-state index in [9.17, 15) is 9.59 Å². The number of carbonyl (C=O) groups excluding carboxylic acids is 2. The number of thiophene rings is 1. The number of nitrogens with two attached hydrogens (primary N) is 1. The van der Waals surface area contributed by atoms with Crippen molar-refractivity contribution < 1.29 is 14.3 Å². The van der Waals surface area contributed by atoms with Crippen LogP contribution in [0, 0.1) is 18.8 Å². The minimum absolute atomic E-state index is 0.00378. The van der Waals surface area contributed by atoms with Crippen molar-refractivity contribution in [3.8, 4) is 27.4 Å². The number of aryl methyl sites for hydroxylation is 1. The number of hydrogen-bond donors (Lipinski definition) is 2. The largest absolute Gasteiger partial charge is 0.496 e. The molecule has 3 aromatic carbocycles. The first kappa shape index (κ1) is 27.2. The molecule has 45 heavy (non-hydrogen) atoms. The van der Waals surface area contributed by atoms with E-state index in [2.05, 4.69) is 59.3 Å². The van der Waals surface area contributed by atoms with Crippen LogP contribution in [0.15, 0.2) is 54.6 Å². The highest BCUT2D eigenvalue weighted by Crippen LogP contribution is 2.46. The minimum Gasteiger partial charge on any atom is -0.496 e. The van der Waals surface area contributed by atoms with Crippen LogP contribution in [-0.4, -0.2) is 47.0 Å². The number of likely N-dealkylation sites (tertiary alicyclic amines) is 1. The molecule has 2 aliphatic carbocycles. The van der Waals surface area contributed by atoms with E-state index in [1.165, 1.54) is 39.9 Å². The third kappa shape index (κ3) is 4.18. The summed E-state index contributed by atoms with van der Waals surface area (Å²) >= 11 is 1.75. The number of carbonyl (C=O) groups is 2. The average molecular weight is 617 g/mol. The van der Waals surface area contributed by atoms with Gasteiger partial charge in [-0.25, -0.2) is 0 Å². The maximum Gasteiger partial charge on any atom is 0.254 e. The number of piperidine rings is 1. The number of hydrogen-bond acceptors (Lipinski definition) is 5. The lowest BCUT2D eigenvalue weighted by atomic mass is 9.99. The van der Waals surface area contributed by atoms with Gasteiger partial charge in [0, 0.05) is 63.8 Å². The summed E-state index contributed by atoms with van der Waals surface area (Å²) in [6.07, 6.45) is 4.62. The smallest absolute Gasteiger partial charge is 0.254 e. The van der Waals surface area contributed by atoms with E-state index in [1.54, 1.807) is 18.4 Å². The summed E-state index contributed by atoms with van der Waals surface area (Å²) in [7, 11) is 1.70. The van der Waals surface area contributed by atoms with E-state index >= 15 is 0 Å². The molecule has 5 aromatic rings. The SMILES string of the molecule is COc1cc(C(=O)N2CC3CCC2[C@@H]3N)cc2sc(-c3cc4ccc(-c5ccc6c(c5)C(=O)NC6)cc4n3CC3CC3)c(C)c12. The lowest BCUT2D eigenvalue weighted by Crippen LogP contribution is -2.41. The van der Waals surface area contributed by atoms with Crippen LogP contribution in [0.2, 0.25) is 0 Å². The summed E-state index contributed by atoms with van der Waals surface area (Å²) in [6.45, 7) is 4.50. The highest BCUT2D eigenvalue weighted by Gasteiger charge is 2.47. The number of benzene rings is 3. The Hall–Kier alpha value is -4.14. The van der Waals surface area contributed by atoms with E-state index in [4.69, 9.17) is 10.5 Å². The number of nitrogens with one attached hydrogen (secondary N) is 1. The number of nitrogens with zero attached hydrogens (tertiary/aromatic N) is 2. The maximum atomic E-state index is 13.8. The van der Waals surface area contributed by atoms with Crippen molar-refractivity contribution in [1.29, 1.82) is 0 Å². The molecule has 2 aliphatic heterocycles. The first-order valence-corrected chi connectivity index (χ1v) is 16.9. The second kappa shape index (κ2) is 9.93. The lowest BCUT2D eigenvalue weighted by Gasteiger charge is -2.27. The molecular weight excluding hydrogens is 580 g/mol. The molecule has 0 spiro atoms. The summed E-state index contributed by atoms with van der Waals surface area (Å²) in [6, 6.07) is 19.4. The molecule has 4 heterocycles. The van der Waals surface area contributed by atoms with Gasteiger partial charge in [-0.1, -0.05) is 24.3 Å². The van der Waals surface area contributed by atoms with Crippen LogP contribution in [0.3, 0.4) is 0 Å². The van der Waals surface area contributed by atoms with Crippen molar-refractivity contribution in [1.82, 2.24) is 14.8 Å². The monoisotopic (exact) mass is 616 g/mol. The van der Waals surface area contributed by atoms with Gasteiger partial charge in [-0.15, -0.1) is 11.3 Å². The molecule has 2 aromatic heterocycles. The molecule has 9 rings (SSSR count). The first-order chi connectivity index (χ1) is 21.9. The minimum atomic E-state index is 0.00378. The van der Waals surface area contributed by atoms with Gasteiger partial charge in [-0.2, -0.15) is 0 Å². The van der Waals surface area contributed by atoms with Crippen molar-refractivity contribution in [2.45, 2.75) is 57.8 Å². The zero-order valence-corrected chi connectivity index (χ0v) is 26.4. The fourth-order valence-corrected chi connectivity index (χ4v) is 9.38. The van der Waals surface area contributed by atoms with Crippen LogP contribution in [0.5, 0.6) is 5.75 Å². The lowest BCUT2D eigenvalue weighted by molar-refractivity contribution is 0.0700. The second-order valence-electron chi connectivity index (χ2n) is 13.5. The van der Waals surface area contributed by atoms with E-state index < -0.39 is 0 Å². The Morgan fingerprint density at radius 1 is 1.04 bits per heavy atom. The van der Waals surface area contributed by atoms with Gasteiger partial charge < -0.3 is 25.3 Å². The Bertz CT molecular complexity index is 2070. The quantitative estimate of drug-likeness (QED) is 0.222. The van der Waals surface area contributed by atoms with Gasteiger partial charge in [0.1, 0.15) is 5.75 Å². The molecule has 0 radical (unpaired) electrons. The van der Waals surface area contributed by atoms with Crippen molar-refractivity contribution >= 4 is 44.1 Å². The van der Waals surface area contributed by atoms with E-state index in [-0.39, 0.29) is 23.9 Å². The summed E-state index contributed by atoms with van der Waals surface area (Å²) in [5, 5.41) is 5.21. The zero-order chi connectivity index (χ0) is 30.6. The van der Waals surface area contributed by atoms with Gasteiger partial charge in [0.05, 0.1) is 17.7 Å². The third-order valence-electron chi connectivity index (χ3n) is 10.8. The highest BCUT2D eigenvalue weighted by molar-refractivity contribution is 7.22. The molecule has 7 nitrogen and oxygen atoms in total. The van der Waals surface area contributed by atoms with Crippen molar-refractivity contribution in [3.05, 3.63) is 76.9 Å².